The lowest BCUT2D eigenvalue weighted by Gasteiger charge is -2.33. The van der Waals surface area contributed by atoms with Crippen LogP contribution in [-0.4, -0.2) is 64.4 Å². The minimum atomic E-state index is -1.31. The fourth-order valence-electron chi connectivity index (χ4n) is 3.15. The molecule has 180 valence electrons. The van der Waals surface area contributed by atoms with Crippen molar-refractivity contribution in [2.75, 3.05) is 19.7 Å². The van der Waals surface area contributed by atoms with E-state index in [1.54, 1.807) is 45.9 Å². The molecule has 0 saturated carbocycles. The minimum Gasteiger partial charge on any atom is -0.508 e. The zero-order valence-corrected chi connectivity index (χ0v) is 19.7. The summed E-state index contributed by atoms with van der Waals surface area (Å²) in [6.07, 6.45) is 1.87. The predicted octanol–water partition coefficient (Wildman–Crippen LogP) is 2.47. The number of hydrogen-bond acceptors (Lipinski definition) is 6. The van der Waals surface area contributed by atoms with Gasteiger partial charge in [-0.1, -0.05) is 38.0 Å². The lowest BCUT2D eigenvalue weighted by molar-refractivity contribution is -0.143. The number of likely N-dealkylation sites (N-methyl/N-ethyl adjacent to an activating group) is 1. The van der Waals surface area contributed by atoms with Gasteiger partial charge >= 0.3 is 6.09 Å². The Balaban J connectivity index is 3.17. The van der Waals surface area contributed by atoms with E-state index in [9.17, 15) is 24.6 Å². The van der Waals surface area contributed by atoms with Crippen molar-refractivity contribution in [1.29, 1.82) is 0 Å². The molecule has 2 atom stereocenters. The van der Waals surface area contributed by atoms with E-state index in [2.05, 4.69) is 17.6 Å². The summed E-state index contributed by atoms with van der Waals surface area (Å²) in [6, 6.07) is 3.83. The van der Waals surface area contributed by atoms with Crippen LogP contribution >= 0.6 is 0 Å². The molecule has 0 aliphatic carbocycles. The highest BCUT2D eigenvalue weighted by molar-refractivity contribution is 5.92. The van der Waals surface area contributed by atoms with Crippen LogP contribution in [0.25, 0.3) is 0 Å². The number of aliphatic hydroxyl groups excluding tert-OH is 1. The molecule has 0 saturated heterocycles. The molecule has 9 nitrogen and oxygen atoms in total. The van der Waals surface area contributed by atoms with Gasteiger partial charge in [-0.15, -0.1) is 0 Å². The van der Waals surface area contributed by atoms with Crippen LogP contribution in [-0.2, 0) is 14.3 Å². The first kappa shape index (κ1) is 27.2. The second-order valence-corrected chi connectivity index (χ2v) is 8.47. The van der Waals surface area contributed by atoms with Gasteiger partial charge in [0.05, 0.1) is 6.61 Å². The summed E-state index contributed by atoms with van der Waals surface area (Å²) in [4.78, 5) is 39.7. The number of rotatable bonds is 11. The number of amides is 3. The number of benzene rings is 1. The maximum Gasteiger partial charge on any atom is 0.408 e. The first-order valence-electron chi connectivity index (χ1n) is 11.0. The summed E-state index contributed by atoms with van der Waals surface area (Å²) in [5.74, 6) is -1.25. The number of phenolic OH excluding ortho intramolecular Hbond substituents is 1. The Morgan fingerprint density at radius 3 is 2.31 bits per heavy atom. The number of hydrogen-bond donors (Lipinski definition) is 4. The van der Waals surface area contributed by atoms with Crippen molar-refractivity contribution in [3.8, 4) is 5.75 Å². The number of aromatic hydroxyl groups is 1. The van der Waals surface area contributed by atoms with E-state index in [0.29, 0.717) is 6.54 Å². The van der Waals surface area contributed by atoms with E-state index in [-0.39, 0.29) is 17.9 Å². The zero-order valence-electron chi connectivity index (χ0n) is 19.7. The van der Waals surface area contributed by atoms with Crippen LogP contribution in [0.3, 0.4) is 0 Å². The molecule has 0 aliphatic heterocycles. The Kier molecular flexibility index (Phi) is 11.0. The number of aliphatic hydroxyl groups is 1. The van der Waals surface area contributed by atoms with Crippen LogP contribution in [0.5, 0.6) is 5.75 Å². The smallest absolute Gasteiger partial charge is 0.408 e. The van der Waals surface area contributed by atoms with E-state index in [1.165, 1.54) is 11.0 Å². The third-order valence-electron chi connectivity index (χ3n) is 4.67. The number of unbranched alkanes of at least 4 members (excludes halogenated alkanes) is 2. The van der Waals surface area contributed by atoms with E-state index >= 15 is 0 Å². The van der Waals surface area contributed by atoms with E-state index in [4.69, 9.17) is 4.74 Å². The molecule has 0 bridgehead atoms. The zero-order chi connectivity index (χ0) is 24.3. The summed E-state index contributed by atoms with van der Waals surface area (Å²) in [5.41, 5.74) is -0.529. The molecular formula is C23H37N3O6. The predicted molar refractivity (Wildman–Crippen MR) is 121 cm³/mol. The molecule has 1 aromatic rings. The number of nitrogens with zero attached hydrogens (tertiary/aromatic N) is 1. The number of para-hydroxylation sites is 1. The monoisotopic (exact) mass is 451 g/mol. The lowest BCUT2D eigenvalue weighted by atomic mass is 10.0. The van der Waals surface area contributed by atoms with Crippen molar-refractivity contribution in [2.45, 2.75) is 71.6 Å². The highest BCUT2D eigenvalue weighted by Crippen LogP contribution is 2.29. The average molecular weight is 452 g/mol. The van der Waals surface area contributed by atoms with Crippen molar-refractivity contribution < 1.29 is 29.3 Å². The topological polar surface area (TPSA) is 128 Å². The molecule has 0 spiro atoms. The van der Waals surface area contributed by atoms with Gasteiger partial charge in [0.15, 0.2) is 0 Å². The molecule has 0 fully saturated rings. The molecular weight excluding hydrogens is 414 g/mol. The maximum absolute atomic E-state index is 13.2. The lowest BCUT2D eigenvalue weighted by Crippen LogP contribution is -2.54. The molecule has 3 amide bonds. The summed E-state index contributed by atoms with van der Waals surface area (Å²) in [6.45, 7) is 8.62. The first-order chi connectivity index (χ1) is 15.1. The number of carbonyl (C=O) groups excluding carboxylic acids is 3. The number of alkyl carbamates (subject to hydrolysis) is 1. The normalized spacial score (nSPS) is 13.1. The van der Waals surface area contributed by atoms with Gasteiger partial charge in [0.1, 0.15) is 23.4 Å². The molecule has 1 rings (SSSR count). The van der Waals surface area contributed by atoms with Crippen molar-refractivity contribution in [3.05, 3.63) is 29.8 Å². The Morgan fingerprint density at radius 1 is 1.12 bits per heavy atom. The largest absolute Gasteiger partial charge is 0.508 e. The van der Waals surface area contributed by atoms with E-state index in [0.717, 1.165) is 19.3 Å². The van der Waals surface area contributed by atoms with Crippen LogP contribution in [0.4, 0.5) is 4.79 Å². The van der Waals surface area contributed by atoms with Crippen LogP contribution in [0.2, 0.25) is 0 Å². The van der Waals surface area contributed by atoms with Crippen molar-refractivity contribution in [3.63, 3.8) is 0 Å². The summed E-state index contributed by atoms with van der Waals surface area (Å²) >= 11 is 0. The van der Waals surface area contributed by atoms with Gasteiger partial charge < -0.3 is 30.5 Å². The molecule has 1 aromatic carbocycles. The van der Waals surface area contributed by atoms with Crippen molar-refractivity contribution in [2.24, 2.45) is 0 Å². The summed E-state index contributed by atoms with van der Waals surface area (Å²) in [7, 11) is 0. The van der Waals surface area contributed by atoms with Crippen LogP contribution < -0.4 is 10.6 Å². The Bertz CT molecular complexity index is 762. The van der Waals surface area contributed by atoms with Gasteiger partial charge in [-0.05, 0) is 40.2 Å². The van der Waals surface area contributed by atoms with Crippen molar-refractivity contribution in [1.82, 2.24) is 15.5 Å². The minimum absolute atomic E-state index is 0.104. The van der Waals surface area contributed by atoms with E-state index < -0.39 is 42.2 Å². The summed E-state index contributed by atoms with van der Waals surface area (Å²) < 4.78 is 5.17. The van der Waals surface area contributed by atoms with Crippen molar-refractivity contribution >= 4 is 17.9 Å². The molecule has 9 heteroatoms. The molecule has 4 N–H and O–H groups in total. The molecule has 0 heterocycles. The molecule has 32 heavy (non-hydrogen) atoms. The van der Waals surface area contributed by atoms with Gasteiger partial charge in [0.2, 0.25) is 11.8 Å². The Labute approximate surface area is 190 Å². The number of ether oxygens (including phenoxy) is 1. The maximum atomic E-state index is 13.2. The van der Waals surface area contributed by atoms with Gasteiger partial charge in [-0.3, -0.25) is 9.59 Å². The van der Waals surface area contributed by atoms with Gasteiger partial charge in [0.25, 0.3) is 0 Å². The fraction of sp³-hybridized carbons (Fsp3) is 0.609. The van der Waals surface area contributed by atoms with Gasteiger partial charge in [-0.2, -0.15) is 0 Å². The Hall–Kier alpha value is -2.81. The fourth-order valence-corrected chi connectivity index (χ4v) is 3.15. The molecule has 0 aromatic heterocycles. The van der Waals surface area contributed by atoms with E-state index in [1.807, 2.05) is 0 Å². The second-order valence-electron chi connectivity index (χ2n) is 8.47. The number of phenols is 1. The SMILES string of the molecule is CCCCCNC(=O)C(c1ccccc1O)N(CC)C(=O)C(CO)NC(=O)OC(C)(C)C. The second kappa shape index (κ2) is 12.9. The number of nitrogens with one attached hydrogen (secondary N) is 2. The quantitative estimate of drug-likeness (QED) is 0.383. The number of carbonyl (C=O) groups is 3. The first-order valence-corrected chi connectivity index (χ1v) is 11.0. The molecule has 0 aliphatic rings. The van der Waals surface area contributed by atoms with Crippen LogP contribution in [0.1, 0.15) is 65.5 Å². The molecule has 2 unspecified atom stereocenters. The van der Waals surface area contributed by atoms with Gasteiger partial charge in [-0.25, -0.2) is 4.79 Å². The van der Waals surface area contributed by atoms with Gasteiger partial charge in [0, 0.05) is 18.7 Å². The average Bonchev–Trinajstić information content (AvgIpc) is 2.72. The summed E-state index contributed by atoms with van der Waals surface area (Å²) in [5, 5.41) is 25.3. The Morgan fingerprint density at radius 2 is 1.78 bits per heavy atom. The highest BCUT2D eigenvalue weighted by atomic mass is 16.6. The standard InChI is InChI=1S/C23H37N3O6/c1-6-8-11-14-24-20(29)19(16-12-9-10-13-18(16)28)26(7-2)21(30)17(15-27)25-22(31)32-23(3,4)5/h9-10,12-13,17,19,27-28H,6-8,11,14-15H2,1-5H3,(H,24,29)(H,25,31). The highest BCUT2D eigenvalue weighted by Gasteiger charge is 2.36. The van der Waals surface area contributed by atoms with Crippen LogP contribution in [0.15, 0.2) is 24.3 Å². The third-order valence-corrected chi connectivity index (χ3v) is 4.67. The van der Waals surface area contributed by atoms with Crippen LogP contribution in [0, 0.1) is 0 Å². The molecule has 0 radical (unpaired) electrons. The third kappa shape index (κ3) is 8.37.